The molecule has 2 N–H and O–H groups in total. The molecule has 4 rings (SSSR count). The molecule has 2 atom stereocenters. The van der Waals surface area contributed by atoms with Crippen LogP contribution in [-0.4, -0.2) is 46.6 Å². The summed E-state index contributed by atoms with van der Waals surface area (Å²) in [6, 6.07) is 4.74. The van der Waals surface area contributed by atoms with Gasteiger partial charge in [0.1, 0.15) is 23.7 Å². The Balaban J connectivity index is 1.68. The van der Waals surface area contributed by atoms with E-state index in [4.69, 9.17) is 15.7 Å². The number of rotatable bonds is 6. The first-order valence-corrected chi connectivity index (χ1v) is 11.6. The average Bonchev–Trinajstić information content (AvgIpc) is 3.42. The van der Waals surface area contributed by atoms with Gasteiger partial charge in [-0.3, -0.25) is 9.79 Å². The van der Waals surface area contributed by atoms with Crippen LogP contribution in [-0.2, 0) is 4.79 Å². The first kappa shape index (κ1) is 27.4. The zero-order valence-corrected chi connectivity index (χ0v) is 20.7. The number of carbonyl (C=O) groups excluding carboxylic acids is 1. The molecule has 0 aliphatic carbocycles. The Bertz CT molecular complexity index is 1500. The number of carbonyl (C=O) groups is 1. The number of nitrogens with two attached hydrogens (primary N) is 1. The van der Waals surface area contributed by atoms with Gasteiger partial charge >= 0.3 is 5.91 Å². The third-order valence-corrected chi connectivity index (χ3v) is 6.60. The molecule has 202 valence electrons. The molecule has 0 saturated carbocycles. The van der Waals surface area contributed by atoms with Crippen molar-refractivity contribution < 1.29 is 31.5 Å². The van der Waals surface area contributed by atoms with Gasteiger partial charge in [0.05, 0.1) is 17.0 Å². The summed E-state index contributed by atoms with van der Waals surface area (Å²) >= 11 is 0. The highest BCUT2D eigenvalue weighted by atomic mass is 19.2. The summed E-state index contributed by atoms with van der Waals surface area (Å²) in [5, 5.41) is 8.92. The number of aromatic nitrogens is 2. The number of aliphatic imine (C=N–C) groups is 1. The molecule has 8 nitrogen and oxygen atoms in total. The van der Waals surface area contributed by atoms with Crippen LogP contribution in [0, 0.1) is 46.3 Å². The van der Waals surface area contributed by atoms with Crippen molar-refractivity contribution in [2.75, 3.05) is 25.9 Å². The van der Waals surface area contributed by atoms with Crippen LogP contribution in [0.5, 0.6) is 11.5 Å². The van der Waals surface area contributed by atoms with Crippen LogP contribution in [0.25, 0.3) is 0 Å². The lowest BCUT2D eigenvalue weighted by Crippen LogP contribution is -2.28. The van der Waals surface area contributed by atoms with Crippen LogP contribution in [0.4, 0.5) is 27.8 Å². The molecule has 1 amide bonds. The third-order valence-electron chi connectivity index (χ3n) is 6.60. The molecule has 0 spiro atoms. The summed E-state index contributed by atoms with van der Waals surface area (Å²) in [6.07, 6.45) is 1.85. The van der Waals surface area contributed by atoms with Crippen LogP contribution in [0.2, 0.25) is 0 Å². The number of hydrogen-bond acceptors (Lipinski definition) is 7. The van der Waals surface area contributed by atoms with Crippen molar-refractivity contribution in [3.63, 3.8) is 0 Å². The topological polar surface area (TPSA) is 117 Å². The van der Waals surface area contributed by atoms with Crippen LogP contribution >= 0.6 is 0 Å². The number of ether oxygens (including phenoxy) is 1. The van der Waals surface area contributed by atoms with Crippen LogP contribution in [0.15, 0.2) is 35.6 Å². The number of halogens is 5. The molecule has 2 aromatic carbocycles. The predicted octanol–water partition coefficient (Wildman–Crippen LogP) is 4.49. The fraction of sp³-hybridized carbons (Fsp3) is 0.269. The third kappa shape index (κ3) is 5.22. The standard InChI is InChI=1S/C26H21F5N6O2/c1-12(13-5-6-37(10-13)19(38)9-32)23-20(26(33)36-11-35-23)24(34-2)15-4-3-14(7-16(15)27)39-25-21(30)17(28)8-18(29)22(25)31/h3-4,7-8,11-13H,5-6,10H2,1-2H3,(H2,33,35,36)/b34-24-. The fourth-order valence-corrected chi connectivity index (χ4v) is 4.55. The SMILES string of the molecule is C/N=C(/c1ccc(Oc2c(F)c(F)cc(F)c2F)cc1F)c1c(N)ncnc1C(C)C1CCN(C(=O)C#N)C1. The molecular formula is C26H21F5N6O2. The summed E-state index contributed by atoms with van der Waals surface area (Å²) in [7, 11) is 1.39. The first-order chi connectivity index (χ1) is 18.6. The molecule has 1 aromatic heterocycles. The second-order valence-electron chi connectivity index (χ2n) is 8.83. The second-order valence-corrected chi connectivity index (χ2v) is 8.83. The molecule has 39 heavy (non-hydrogen) atoms. The molecule has 0 bridgehead atoms. The summed E-state index contributed by atoms with van der Waals surface area (Å²) in [6.45, 7) is 2.58. The minimum absolute atomic E-state index is 0.00880. The Morgan fingerprint density at radius 3 is 2.46 bits per heavy atom. The van der Waals surface area contributed by atoms with Crippen molar-refractivity contribution in [2.45, 2.75) is 19.3 Å². The lowest BCUT2D eigenvalue weighted by molar-refractivity contribution is -0.124. The number of likely N-dealkylation sites (tertiary alicyclic amines) is 1. The van der Waals surface area contributed by atoms with Gasteiger partial charge in [-0.1, -0.05) is 6.92 Å². The van der Waals surface area contributed by atoms with Gasteiger partial charge in [0.15, 0.2) is 17.7 Å². The van der Waals surface area contributed by atoms with E-state index >= 15 is 4.39 Å². The van der Waals surface area contributed by atoms with E-state index in [-0.39, 0.29) is 40.6 Å². The minimum atomic E-state index is -1.77. The van der Waals surface area contributed by atoms with Crippen molar-refractivity contribution in [3.05, 3.63) is 76.5 Å². The van der Waals surface area contributed by atoms with Gasteiger partial charge in [-0.05, 0) is 24.5 Å². The number of nitriles is 1. The van der Waals surface area contributed by atoms with E-state index in [1.165, 1.54) is 24.3 Å². The maximum Gasteiger partial charge on any atom is 0.324 e. The van der Waals surface area contributed by atoms with Crippen molar-refractivity contribution in [3.8, 4) is 17.6 Å². The summed E-state index contributed by atoms with van der Waals surface area (Å²) in [5.74, 6) is -10.6. The van der Waals surface area contributed by atoms with Crippen molar-refractivity contribution in [1.82, 2.24) is 14.9 Å². The van der Waals surface area contributed by atoms with Gasteiger partial charge in [-0.25, -0.2) is 23.1 Å². The summed E-state index contributed by atoms with van der Waals surface area (Å²) in [4.78, 5) is 25.8. The van der Waals surface area contributed by atoms with Gasteiger partial charge in [0, 0.05) is 43.8 Å². The Hall–Kier alpha value is -4.60. The number of nitrogens with zero attached hydrogens (tertiary/aromatic N) is 5. The highest BCUT2D eigenvalue weighted by Gasteiger charge is 2.34. The molecule has 1 fully saturated rings. The van der Waals surface area contributed by atoms with Crippen LogP contribution in [0.1, 0.15) is 36.1 Å². The average molecular weight is 544 g/mol. The zero-order valence-electron chi connectivity index (χ0n) is 20.7. The molecule has 3 aromatic rings. The lowest BCUT2D eigenvalue weighted by atomic mass is 9.86. The molecule has 2 heterocycles. The normalized spacial score (nSPS) is 16.2. The van der Waals surface area contributed by atoms with Gasteiger partial charge in [-0.2, -0.15) is 14.0 Å². The molecule has 1 aliphatic rings. The molecule has 1 aliphatic heterocycles. The molecular weight excluding hydrogens is 523 g/mol. The van der Waals surface area contributed by atoms with Gasteiger partial charge in [0.2, 0.25) is 17.4 Å². The molecule has 1 saturated heterocycles. The lowest BCUT2D eigenvalue weighted by Gasteiger charge is -2.23. The smallest absolute Gasteiger partial charge is 0.324 e. The van der Waals surface area contributed by atoms with E-state index in [0.717, 1.165) is 12.1 Å². The Morgan fingerprint density at radius 1 is 1.15 bits per heavy atom. The Labute approximate surface area is 219 Å². The highest BCUT2D eigenvalue weighted by molar-refractivity contribution is 6.16. The van der Waals surface area contributed by atoms with Crippen molar-refractivity contribution in [1.29, 1.82) is 5.26 Å². The quantitative estimate of drug-likeness (QED) is 0.212. The molecule has 0 radical (unpaired) electrons. The summed E-state index contributed by atoms with van der Waals surface area (Å²) < 4.78 is 75.3. The number of amides is 1. The van der Waals surface area contributed by atoms with Gasteiger partial charge < -0.3 is 15.4 Å². The number of anilines is 1. The van der Waals surface area contributed by atoms with E-state index in [9.17, 15) is 22.4 Å². The monoisotopic (exact) mass is 544 g/mol. The van der Waals surface area contributed by atoms with E-state index < -0.39 is 46.5 Å². The fourth-order valence-electron chi connectivity index (χ4n) is 4.55. The van der Waals surface area contributed by atoms with E-state index in [0.29, 0.717) is 25.2 Å². The second kappa shape index (κ2) is 11.0. The molecule has 2 unspecified atom stereocenters. The van der Waals surface area contributed by atoms with E-state index in [2.05, 4.69) is 15.0 Å². The van der Waals surface area contributed by atoms with Crippen LogP contribution in [0.3, 0.4) is 0 Å². The Kier molecular flexibility index (Phi) is 7.75. The minimum Gasteiger partial charge on any atom is -0.451 e. The van der Waals surface area contributed by atoms with E-state index in [1.807, 2.05) is 6.92 Å². The largest absolute Gasteiger partial charge is 0.451 e. The molecule has 13 heteroatoms. The van der Waals surface area contributed by atoms with Gasteiger partial charge in [0.25, 0.3) is 0 Å². The predicted molar refractivity (Wildman–Crippen MR) is 129 cm³/mol. The zero-order chi connectivity index (χ0) is 28.4. The van der Waals surface area contributed by atoms with E-state index in [1.54, 1.807) is 6.07 Å². The van der Waals surface area contributed by atoms with Gasteiger partial charge in [-0.15, -0.1) is 0 Å². The number of benzene rings is 2. The van der Waals surface area contributed by atoms with Crippen molar-refractivity contribution in [2.24, 2.45) is 10.9 Å². The Morgan fingerprint density at radius 2 is 1.85 bits per heavy atom. The maximum absolute atomic E-state index is 15.3. The first-order valence-electron chi connectivity index (χ1n) is 11.6. The summed E-state index contributed by atoms with van der Waals surface area (Å²) in [5.41, 5.74) is 6.84. The number of nitrogen functional groups attached to an aromatic ring is 1. The number of hydrogen-bond donors (Lipinski definition) is 1. The maximum atomic E-state index is 15.3. The van der Waals surface area contributed by atoms with Crippen molar-refractivity contribution >= 4 is 17.4 Å². The van der Waals surface area contributed by atoms with Crippen LogP contribution < -0.4 is 10.5 Å². The highest BCUT2D eigenvalue weighted by Crippen LogP contribution is 2.36.